The van der Waals surface area contributed by atoms with Crippen LogP contribution in [0.4, 0.5) is 5.82 Å². The van der Waals surface area contributed by atoms with E-state index in [1.807, 2.05) is 53.8 Å². The Bertz CT molecular complexity index is 1250. The number of carbonyl (C=O) groups is 1. The fraction of sp³-hybridized carbons (Fsp3) is 0.261. The van der Waals surface area contributed by atoms with E-state index in [-0.39, 0.29) is 5.91 Å². The highest BCUT2D eigenvalue weighted by Gasteiger charge is 2.24. The normalized spacial score (nSPS) is 14.7. The number of hydrogen-bond acceptors (Lipinski definition) is 5. The van der Waals surface area contributed by atoms with Gasteiger partial charge in [0.1, 0.15) is 19.9 Å². The Labute approximate surface area is 191 Å². The van der Waals surface area contributed by atoms with Gasteiger partial charge in [0.25, 0.3) is 5.91 Å². The number of halogens is 1. The second-order valence-electron chi connectivity index (χ2n) is 8.20. The molecule has 5 rings (SSSR count). The Kier molecular flexibility index (Phi) is 5.61. The van der Waals surface area contributed by atoms with Crippen molar-refractivity contribution in [1.82, 2.24) is 19.5 Å². The van der Waals surface area contributed by atoms with Crippen molar-refractivity contribution < 1.29 is 9.21 Å². The summed E-state index contributed by atoms with van der Waals surface area (Å²) in [5, 5.41) is 8.74. The molecule has 1 N–H and O–H groups in total. The van der Waals surface area contributed by atoms with Gasteiger partial charge in [-0.3, -0.25) is 4.79 Å². The zero-order chi connectivity index (χ0) is 22.1. The summed E-state index contributed by atoms with van der Waals surface area (Å²) >= 11 is 6.43. The average Bonchev–Trinajstić information content (AvgIpc) is 3.48. The molecular formula is C23H23BClN5O2. The summed E-state index contributed by atoms with van der Waals surface area (Å²) in [7, 11) is 2.00. The van der Waals surface area contributed by atoms with Crippen molar-refractivity contribution >= 4 is 42.3 Å². The Morgan fingerprint density at radius 1 is 1.25 bits per heavy atom. The number of furan rings is 1. The van der Waals surface area contributed by atoms with Gasteiger partial charge in [-0.05, 0) is 36.4 Å². The standard InChI is InChI=1S/C23H23BClN5O2/c24-18-13-27-30-21(11-20(28-22(18)30)17-3-1-2-4-19(17)25)26-12-15-5-8-29(9-6-15)23(31)16-7-10-32-14-16/h1-4,7,10-11,13-15,26H,5-6,8-9,12,24H2. The molecular weight excluding hydrogens is 425 g/mol. The number of nitrogens with one attached hydrogen (secondary N) is 1. The first-order valence-electron chi connectivity index (χ1n) is 10.8. The zero-order valence-electron chi connectivity index (χ0n) is 17.8. The van der Waals surface area contributed by atoms with Crippen LogP contribution in [0.1, 0.15) is 23.2 Å². The molecule has 4 heterocycles. The van der Waals surface area contributed by atoms with Crippen molar-refractivity contribution in [2.24, 2.45) is 5.92 Å². The van der Waals surface area contributed by atoms with Gasteiger partial charge in [0.15, 0.2) is 5.65 Å². The number of piperidine rings is 1. The summed E-state index contributed by atoms with van der Waals surface area (Å²) in [5.41, 5.74) is 4.14. The Morgan fingerprint density at radius 3 is 2.81 bits per heavy atom. The third-order valence-corrected chi connectivity index (χ3v) is 6.37. The average molecular weight is 448 g/mol. The van der Waals surface area contributed by atoms with E-state index >= 15 is 0 Å². The maximum absolute atomic E-state index is 12.5. The molecule has 1 saturated heterocycles. The largest absolute Gasteiger partial charge is 0.472 e. The molecule has 1 amide bonds. The van der Waals surface area contributed by atoms with Gasteiger partial charge in [0.05, 0.1) is 17.5 Å². The molecule has 32 heavy (non-hydrogen) atoms. The second-order valence-corrected chi connectivity index (χ2v) is 8.61. The molecule has 0 radical (unpaired) electrons. The SMILES string of the molecule is Bc1cnn2c(NCC3CCN(C(=O)c4ccoc4)CC3)cc(-c3ccccc3Cl)nc12. The number of nitrogens with zero attached hydrogens (tertiary/aromatic N) is 4. The van der Waals surface area contributed by atoms with E-state index in [1.165, 1.54) is 12.5 Å². The Hall–Kier alpha value is -3.26. The molecule has 4 aromatic rings. The molecule has 3 aromatic heterocycles. The number of rotatable bonds is 5. The molecule has 1 fully saturated rings. The van der Waals surface area contributed by atoms with Crippen LogP contribution in [-0.2, 0) is 0 Å². The minimum absolute atomic E-state index is 0.0393. The van der Waals surface area contributed by atoms with E-state index in [1.54, 1.807) is 6.07 Å². The Balaban J connectivity index is 1.31. The van der Waals surface area contributed by atoms with E-state index in [9.17, 15) is 4.79 Å². The lowest BCUT2D eigenvalue weighted by molar-refractivity contribution is 0.0694. The van der Waals surface area contributed by atoms with Crippen molar-refractivity contribution in [3.05, 3.63) is 65.7 Å². The lowest BCUT2D eigenvalue weighted by Crippen LogP contribution is -2.39. The van der Waals surface area contributed by atoms with Crippen LogP contribution in [0.15, 0.2) is 59.5 Å². The lowest BCUT2D eigenvalue weighted by atomic mass is 9.96. The molecule has 0 unspecified atom stereocenters. The second kappa shape index (κ2) is 8.71. The van der Waals surface area contributed by atoms with Gasteiger partial charge in [-0.2, -0.15) is 9.61 Å². The number of hydrogen-bond donors (Lipinski definition) is 1. The third kappa shape index (κ3) is 3.98. The fourth-order valence-corrected chi connectivity index (χ4v) is 4.40. The van der Waals surface area contributed by atoms with Gasteiger partial charge in [0.2, 0.25) is 0 Å². The maximum Gasteiger partial charge on any atom is 0.257 e. The van der Waals surface area contributed by atoms with Crippen LogP contribution in [-0.4, -0.2) is 52.9 Å². The first-order valence-corrected chi connectivity index (χ1v) is 11.1. The number of likely N-dealkylation sites (tertiary alicyclic amines) is 1. The lowest BCUT2D eigenvalue weighted by Gasteiger charge is -2.32. The van der Waals surface area contributed by atoms with Crippen molar-refractivity contribution in [2.75, 3.05) is 25.0 Å². The molecule has 0 saturated carbocycles. The number of fused-ring (bicyclic) bond motifs is 1. The minimum Gasteiger partial charge on any atom is -0.472 e. The summed E-state index contributed by atoms with van der Waals surface area (Å²) in [6, 6.07) is 11.4. The molecule has 0 aliphatic carbocycles. The van der Waals surface area contributed by atoms with Crippen molar-refractivity contribution in [2.45, 2.75) is 12.8 Å². The van der Waals surface area contributed by atoms with Gasteiger partial charge < -0.3 is 14.6 Å². The monoisotopic (exact) mass is 447 g/mol. The van der Waals surface area contributed by atoms with Crippen LogP contribution >= 0.6 is 11.6 Å². The molecule has 0 bridgehead atoms. The summed E-state index contributed by atoms with van der Waals surface area (Å²) in [4.78, 5) is 19.2. The number of carbonyl (C=O) groups excluding carboxylic acids is 1. The maximum atomic E-state index is 12.5. The number of aromatic nitrogens is 3. The molecule has 0 spiro atoms. The molecule has 162 valence electrons. The first-order chi connectivity index (χ1) is 15.6. The minimum atomic E-state index is 0.0393. The predicted octanol–water partition coefficient (Wildman–Crippen LogP) is 2.87. The van der Waals surface area contributed by atoms with Crippen LogP contribution in [0.25, 0.3) is 16.9 Å². The van der Waals surface area contributed by atoms with Crippen LogP contribution in [0.3, 0.4) is 0 Å². The summed E-state index contributed by atoms with van der Waals surface area (Å²) < 4.78 is 6.88. The first kappa shape index (κ1) is 20.6. The highest BCUT2D eigenvalue weighted by atomic mass is 35.5. The smallest absolute Gasteiger partial charge is 0.257 e. The number of amides is 1. The van der Waals surface area contributed by atoms with Crippen LogP contribution < -0.4 is 10.8 Å². The van der Waals surface area contributed by atoms with E-state index in [0.29, 0.717) is 16.5 Å². The molecule has 9 heteroatoms. The highest BCUT2D eigenvalue weighted by Crippen LogP contribution is 2.28. The molecule has 1 aliphatic rings. The van der Waals surface area contributed by atoms with Gasteiger partial charge >= 0.3 is 0 Å². The molecule has 1 aliphatic heterocycles. The third-order valence-electron chi connectivity index (χ3n) is 6.04. The van der Waals surface area contributed by atoms with Crippen molar-refractivity contribution in [1.29, 1.82) is 0 Å². The number of benzene rings is 1. The van der Waals surface area contributed by atoms with Crippen molar-refractivity contribution in [3.63, 3.8) is 0 Å². The predicted molar refractivity (Wildman–Crippen MR) is 127 cm³/mol. The van der Waals surface area contributed by atoms with Crippen LogP contribution in [0.2, 0.25) is 5.02 Å². The van der Waals surface area contributed by atoms with E-state index < -0.39 is 0 Å². The van der Waals surface area contributed by atoms with E-state index in [0.717, 1.165) is 60.7 Å². The summed E-state index contributed by atoms with van der Waals surface area (Å²) in [6.45, 7) is 2.29. The molecule has 0 atom stereocenters. The quantitative estimate of drug-likeness (QED) is 0.476. The summed E-state index contributed by atoms with van der Waals surface area (Å²) in [6.07, 6.45) is 6.76. The van der Waals surface area contributed by atoms with Crippen LogP contribution in [0, 0.1) is 5.92 Å². The van der Waals surface area contributed by atoms with Crippen molar-refractivity contribution in [3.8, 4) is 11.3 Å². The van der Waals surface area contributed by atoms with Gasteiger partial charge in [-0.1, -0.05) is 29.8 Å². The zero-order valence-corrected chi connectivity index (χ0v) is 18.5. The summed E-state index contributed by atoms with van der Waals surface area (Å²) in [5.74, 6) is 1.39. The van der Waals surface area contributed by atoms with Crippen LogP contribution in [0.5, 0.6) is 0 Å². The van der Waals surface area contributed by atoms with Gasteiger partial charge in [0, 0.05) is 42.5 Å². The van der Waals surface area contributed by atoms with E-state index in [2.05, 4.69) is 10.4 Å². The topological polar surface area (TPSA) is 75.7 Å². The Morgan fingerprint density at radius 2 is 2.06 bits per heavy atom. The van der Waals surface area contributed by atoms with Gasteiger partial charge in [-0.25, -0.2) is 4.98 Å². The molecule has 7 nitrogen and oxygen atoms in total. The fourth-order valence-electron chi connectivity index (χ4n) is 4.16. The number of anilines is 1. The molecule has 1 aromatic carbocycles. The van der Waals surface area contributed by atoms with Gasteiger partial charge in [-0.15, -0.1) is 0 Å². The van der Waals surface area contributed by atoms with E-state index in [4.69, 9.17) is 21.0 Å². The highest BCUT2D eigenvalue weighted by molar-refractivity contribution is 6.36.